The average Bonchev–Trinajstić information content (AvgIpc) is 2.90. The molecular formula is C15H17N3O3. The molecule has 0 saturated heterocycles. The van der Waals surface area contributed by atoms with E-state index >= 15 is 0 Å². The van der Waals surface area contributed by atoms with E-state index in [0.29, 0.717) is 6.54 Å². The summed E-state index contributed by atoms with van der Waals surface area (Å²) in [4.78, 5) is 11.0. The minimum atomic E-state index is -0.997. The van der Waals surface area contributed by atoms with Crippen LogP contribution in [0.2, 0.25) is 0 Å². The monoisotopic (exact) mass is 287 g/mol. The Labute approximate surface area is 122 Å². The molecule has 0 spiro atoms. The van der Waals surface area contributed by atoms with E-state index in [2.05, 4.69) is 10.4 Å². The second kappa shape index (κ2) is 5.57. The summed E-state index contributed by atoms with van der Waals surface area (Å²) in [6, 6.07) is 8.83. The Morgan fingerprint density at radius 1 is 1.43 bits per heavy atom. The molecule has 1 aromatic heterocycles. The van der Waals surface area contributed by atoms with E-state index in [-0.39, 0.29) is 17.5 Å². The van der Waals surface area contributed by atoms with Crippen LogP contribution in [-0.2, 0) is 13.1 Å². The van der Waals surface area contributed by atoms with Crippen molar-refractivity contribution in [3.8, 4) is 5.75 Å². The number of carbonyl (C=O) groups is 1. The highest BCUT2D eigenvalue weighted by molar-refractivity contribution is 5.85. The number of phenolic OH excluding ortho intramolecular Hbond substituents is 1. The molecule has 0 amide bonds. The molecule has 0 aliphatic carbocycles. The first-order chi connectivity index (χ1) is 10.1. The second-order valence-electron chi connectivity index (χ2n) is 5.23. The number of carboxylic acids is 1. The fraction of sp³-hybridized carbons (Fsp3) is 0.333. The zero-order chi connectivity index (χ0) is 14.8. The molecule has 6 heteroatoms. The fourth-order valence-corrected chi connectivity index (χ4v) is 2.70. The van der Waals surface area contributed by atoms with Crippen LogP contribution in [0.15, 0.2) is 30.3 Å². The number of hydrogen-bond donors (Lipinski definition) is 3. The van der Waals surface area contributed by atoms with Crippen LogP contribution in [0.3, 0.4) is 0 Å². The Balaban J connectivity index is 1.74. The predicted molar refractivity (Wildman–Crippen MR) is 76.1 cm³/mol. The molecule has 1 unspecified atom stereocenters. The van der Waals surface area contributed by atoms with E-state index in [9.17, 15) is 9.90 Å². The van der Waals surface area contributed by atoms with Gasteiger partial charge in [0.05, 0.1) is 5.69 Å². The Morgan fingerprint density at radius 2 is 2.29 bits per heavy atom. The van der Waals surface area contributed by atoms with Gasteiger partial charge in [0.25, 0.3) is 0 Å². The van der Waals surface area contributed by atoms with Crippen LogP contribution < -0.4 is 5.32 Å². The number of aryl methyl sites for hydroxylation is 1. The van der Waals surface area contributed by atoms with Crippen molar-refractivity contribution in [1.29, 1.82) is 0 Å². The van der Waals surface area contributed by atoms with Gasteiger partial charge in [-0.2, -0.15) is 5.10 Å². The van der Waals surface area contributed by atoms with Crippen LogP contribution in [0.4, 0.5) is 0 Å². The van der Waals surface area contributed by atoms with Gasteiger partial charge in [-0.3, -0.25) is 4.68 Å². The summed E-state index contributed by atoms with van der Waals surface area (Å²) in [5.74, 6) is -0.750. The van der Waals surface area contributed by atoms with Crippen LogP contribution in [0.25, 0.3) is 0 Å². The van der Waals surface area contributed by atoms with Crippen molar-refractivity contribution >= 4 is 5.97 Å². The van der Waals surface area contributed by atoms with Crippen molar-refractivity contribution in [3.05, 3.63) is 47.3 Å². The van der Waals surface area contributed by atoms with E-state index in [1.165, 1.54) is 0 Å². The lowest BCUT2D eigenvalue weighted by Crippen LogP contribution is -2.27. The van der Waals surface area contributed by atoms with Gasteiger partial charge in [0, 0.05) is 19.1 Å². The predicted octanol–water partition coefficient (Wildman–Crippen LogP) is 1.91. The van der Waals surface area contributed by atoms with Gasteiger partial charge in [-0.1, -0.05) is 12.1 Å². The van der Waals surface area contributed by atoms with Gasteiger partial charge < -0.3 is 15.5 Å². The molecule has 0 saturated carbocycles. The summed E-state index contributed by atoms with van der Waals surface area (Å²) in [5, 5.41) is 26.0. The molecule has 6 nitrogen and oxygen atoms in total. The van der Waals surface area contributed by atoms with E-state index in [4.69, 9.17) is 5.11 Å². The molecule has 1 atom stereocenters. The van der Waals surface area contributed by atoms with Crippen LogP contribution in [-0.4, -0.2) is 26.0 Å². The lowest BCUT2D eigenvalue weighted by molar-refractivity contribution is 0.0689. The van der Waals surface area contributed by atoms with Crippen LogP contribution in [0.1, 0.15) is 40.6 Å². The van der Waals surface area contributed by atoms with Crippen molar-refractivity contribution < 1.29 is 15.0 Å². The number of aromatic nitrogens is 2. The van der Waals surface area contributed by atoms with Gasteiger partial charge >= 0.3 is 5.97 Å². The van der Waals surface area contributed by atoms with E-state index < -0.39 is 5.97 Å². The molecule has 2 heterocycles. The SMILES string of the molecule is O=C(O)c1cc2n(n1)CCCC2NCc1cccc(O)c1. The number of benzene rings is 1. The maximum Gasteiger partial charge on any atom is 0.356 e. The van der Waals surface area contributed by atoms with Crippen molar-refractivity contribution in [2.24, 2.45) is 0 Å². The normalized spacial score (nSPS) is 17.4. The lowest BCUT2D eigenvalue weighted by atomic mass is 10.0. The van der Waals surface area contributed by atoms with E-state index in [1.807, 2.05) is 6.07 Å². The minimum absolute atomic E-state index is 0.0849. The van der Waals surface area contributed by atoms with Gasteiger partial charge in [-0.15, -0.1) is 0 Å². The quantitative estimate of drug-likeness (QED) is 0.799. The molecule has 21 heavy (non-hydrogen) atoms. The van der Waals surface area contributed by atoms with Gasteiger partial charge in [0.2, 0.25) is 0 Å². The first kappa shape index (κ1) is 13.6. The summed E-state index contributed by atoms with van der Waals surface area (Å²) in [5.41, 5.74) is 2.00. The molecule has 0 bridgehead atoms. The molecule has 0 radical (unpaired) electrons. The summed E-state index contributed by atoms with van der Waals surface area (Å²) >= 11 is 0. The lowest BCUT2D eigenvalue weighted by Gasteiger charge is -2.24. The van der Waals surface area contributed by atoms with Crippen LogP contribution in [0, 0.1) is 0 Å². The maximum absolute atomic E-state index is 11.0. The first-order valence-corrected chi connectivity index (χ1v) is 6.96. The Kier molecular flexibility index (Phi) is 3.62. The highest BCUT2D eigenvalue weighted by atomic mass is 16.4. The van der Waals surface area contributed by atoms with Crippen LogP contribution in [0.5, 0.6) is 5.75 Å². The number of aromatic hydroxyl groups is 1. The molecular weight excluding hydrogens is 270 g/mol. The molecule has 2 aromatic rings. The molecule has 1 aliphatic rings. The number of fused-ring (bicyclic) bond motifs is 1. The summed E-state index contributed by atoms with van der Waals surface area (Å²) in [6.45, 7) is 1.37. The number of carboxylic acid groups (broad SMARTS) is 1. The van der Waals surface area contributed by atoms with Crippen molar-refractivity contribution in [2.75, 3.05) is 0 Å². The molecule has 3 rings (SSSR count). The topological polar surface area (TPSA) is 87.4 Å². The van der Waals surface area contributed by atoms with E-state index in [0.717, 1.165) is 30.6 Å². The Bertz CT molecular complexity index is 666. The van der Waals surface area contributed by atoms with Crippen LogP contribution >= 0.6 is 0 Å². The van der Waals surface area contributed by atoms with Crippen molar-refractivity contribution in [1.82, 2.24) is 15.1 Å². The summed E-state index contributed by atoms with van der Waals surface area (Å²) in [7, 11) is 0. The maximum atomic E-state index is 11.0. The number of aromatic carboxylic acids is 1. The molecule has 110 valence electrons. The van der Waals surface area contributed by atoms with Gasteiger partial charge in [0.1, 0.15) is 5.75 Å². The molecule has 0 fully saturated rings. The third-order valence-electron chi connectivity index (χ3n) is 3.71. The Morgan fingerprint density at radius 3 is 3.05 bits per heavy atom. The zero-order valence-electron chi connectivity index (χ0n) is 11.5. The highest BCUT2D eigenvalue weighted by Gasteiger charge is 2.23. The third-order valence-corrected chi connectivity index (χ3v) is 3.71. The number of phenols is 1. The Hall–Kier alpha value is -2.34. The minimum Gasteiger partial charge on any atom is -0.508 e. The van der Waals surface area contributed by atoms with Gasteiger partial charge in [0.15, 0.2) is 5.69 Å². The van der Waals surface area contributed by atoms with E-state index in [1.54, 1.807) is 28.9 Å². The van der Waals surface area contributed by atoms with Crippen molar-refractivity contribution in [2.45, 2.75) is 32.0 Å². The number of nitrogens with zero attached hydrogens (tertiary/aromatic N) is 2. The smallest absolute Gasteiger partial charge is 0.356 e. The standard InChI is InChI=1S/C15H17N3O3/c19-11-4-1-3-10(7-11)9-16-12-5-2-6-18-14(12)8-13(17-18)15(20)21/h1,3-4,7-8,12,16,19H,2,5-6,9H2,(H,20,21). The molecule has 3 N–H and O–H groups in total. The average molecular weight is 287 g/mol. The first-order valence-electron chi connectivity index (χ1n) is 6.96. The zero-order valence-corrected chi connectivity index (χ0v) is 11.5. The van der Waals surface area contributed by atoms with Gasteiger partial charge in [-0.25, -0.2) is 4.79 Å². The van der Waals surface area contributed by atoms with Gasteiger partial charge in [-0.05, 0) is 36.6 Å². The highest BCUT2D eigenvalue weighted by Crippen LogP contribution is 2.26. The summed E-state index contributed by atoms with van der Waals surface area (Å²) in [6.07, 6.45) is 1.91. The number of rotatable bonds is 4. The third kappa shape index (κ3) is 2.90. The number of hydrogen-bond acceptors (Lipinski definition) is 4. The number of nitrogens with one attached hydrogen (secondary N) is 1. The second-order valence-corrected chi connectivity index (χ2v) is 5.23. The van der Waals surface area contributed by atoms with Crippen molar-refractivity contribution in [3.63, 3.8) is 0 Å². The fourth-order valence-electron chi connectivity index (χ4n) is 2.70. The largest absolute Gasteiger partial charge is 0.508 e. The molecule has 1 aromatic carbocycles. The summed E-state index contributed by atoms with van der Waals surface area (Å²) < 4.78 is 1.77. The molecule has 1 aliphatic heterocycles.